The second-order valence-electron chi connectivity index (χ2n) is 2.21. The molecule has 0 aliphatic carbocycles. The molecule has 1 aromatic rings. The second-order valence-corrected chi connectivity index (χ2v) is 2.21. The summed E-state index contributed by atoms with van der Waals surface area (Å²) in [6, 6.07) is 3.45. The lowest BCUT2D eigenvalue weighted by molar-refractivity contribution is 0.111. The smallest absolute Gasteiger partial charge is 0.169 e. The third-order valence-electron chi connectivity index (χ3n) is 1.21. The van der Waals surface area contributed by atoms with Gasteiger partial charge in [-0.3, -0.25) is 4.79 Å². The molecule has 0 bridgehead atoms. The van der Waals surface area contributed by atoms with Gasteiger partial charge in [-0.25, -0.2) is 8.78 Å². The first kappa shape index (κ1) is 12.7. The number of hydrogen-bond donors (Lipinski definition) is 2. The predicted octanol–water partition coefficient (Wildman–Crippen LogP) is 0.748. The fourth-order valence-corrected chi connectivity index (χ4v) is 0.611. The van der Waals surface area contributed by atoms with Crippen molar-refractivity contribution in [3.05, 3.63) is 35.4 Å². The molecule has 3 nitrogen and oxygen atoms in total. The van der Waals surface area contributed by atoms with E-state index in [1.54, 1.807) is 0 Å². The van der Waals surface area contributed by atoms with Crippen LogP contribution in [0, 0.1) is 11.6 Å². The summed E-state index contributed by atoms with van der Waals surface area (Å²) in [5, 5.41) is 15.2. The summed E-state index contributed by atoms with van der Waals surface area (Å²) in [6.45, 7) is -0.250. The van der Waals surface area contributed by atoms with Crippen molar-refractivity contribution in [3.8, 4) is 0 Å². The van der Waals surface area contributed by atoms with Gasteiger partial charge in [0.25, 0.3) is 0 Å². The van der Waals surface area contributed by atoms with Crippen molar-refractivity contribution in [1.82, 2.24) is 0 Å². The molecule has 0 heterocycles. The number of aldehydes is 1. The molecule has 1 aromatic carbocycles. The Morgan fingerprint density at radius 2 is 1.79 bits per heavy atom. The molecule has 0 saturated carbocycles. The minimum atomic E-state index is -1.09. The Morgan fingerprint density at radius 3 is 2.14 bits per heavy atom. The summed E-state index contributed by atoms with van der Waals surface area (Å²) in [4.78, 5) is 9.97. The Hall–Kier alpha value is -1.33. The van der Waals surface area contributed by atoms with E-state index in [2.05, 4.69) is 0 Å². The Kier molecular flexibility index (Phi) is 6.43. The minimum Gasteiger partial charge on any atom is -0.394 e. The van der Waals surface area contributed by atoms with E-state index < -0.39 is 11.6 Å². The Labute approximate surface area is 79.6 Å². The molecule has 14 heavy (non-hydrogen) atoms. The normalized spacial score (nSPS) is 8.86. The van der Waals surface area contributed by atoms with Crippen LogP contribution >= 0.6 is 0 Å². The average molecular weight is 204 g/mol. The maximum absolute atomic E-state index is 12.4. The summed E-state index contributed by atoms with van der Waals surface area (Å²) in [5.74, 6) is -2.08. The highest BCUT2D eigenvalue weighted by molar-refractivity contribution is 5.74. The fourth-order valence-electron chi connectivity index (χ4n) is 0.611. The van der Waals surface area contributed by atoms with Gasteiger partial charge in [0.1, 0.15) is 0 Å². The fraction of sp³-hybridized carbons (Fsp3) is 0.222. The van der Waals surface area contributed by atoms with Gasteiger partial charge in [-0.1, -0.05) is 6.07 Å². The molecule has 0 radical (unpaired) electrons. The van der Waals surface area contributed by atoms with Crippen LogP contribution in [0.15, 0.2) is 18.2 Å². The lowest BCUT2D eigenvalue weighted by atomic mass is 10.2. The summed E-state index contributed by atoms with van der Waals surface area (Å²) in [5.41, 5.74) is -0.250. The number of aliphatic hydroxyl groups excluding tert-OH is 2. The van der Waals surface area contributed by atoms with E-state index in [1.165, 1.54) is 12.1 Å². The molecular weight excluding hydrogens is 194 g/mol. The predicted molar refractivity (Wildman–Crippen MR) is 45.9 cm³/mol. The van der Waals surface area contributed by atoms with Gasteiger partial charge in [0.15, 0.2) is 17.9 Å². The highest BCUT2D eigenvalue weighted by Crippen LogP contribution is 2.08. The van der Waals surface area contributed by atoms with Crippen molar-refractivity contribution in [3.63, 3.8) is 0 Å². The number of aliphatic hydroxyl groups is 2. The Morgan fingerprint density at radius 1 is 1.21 bits per heavy atom. The van der Waals surface area contributed by atoms with E-state index in [1.807, 2.05) is 0 Å². The first-order chi connectivity index (χ1) is 6.67. The third-order valence-corrected chi connectivity index (χ3v) is 1.21. The minimum absolute atomic E-state index is 0.125. The zero-order valence-corrected chi connectivity index (χ0v) is 7.28. The molecule has 0 amide bonds. The quantitative estimate of drug-likeness (QED) is 0.699. The maximum Gasteiger partial charge on any atom is 0.169 e. The van der Waals surface area contributed by atoms with Crippen LogP contribution in [0.5, 0.6) is 0 Å². The molecule has 0 spiro atoms. The molecule has 0 aromatic heterocycles. The maximum atomic E-state index is 12.4. The largest absolute Gasteiger partial charge is 0.394 e. The van der Waals surface area contributed by atoms with Gasteiger partial charge in [0.05, 0.1) is 18.8 Å². The number of rotatable bonds is 2. The zero-order valence-electron chi connectivity index (χ0n) is 7.28. The molecule has 0 aliphatic rings. The first-order valence-electron chi connectivity index (χ1n) is 3.78. The highest BCUT2D eigenvalue weighted by atomic mass is 19.2. The number of hydrogen-bond acceptors (Lipinski definition) is 3. The van der Waals surface area contributed by atoms with Crippen molar-refractivity contribution >= 4 is 6.29 Å². The van der Waals surface area contributed by atoms with Crippen LogP contribution < -0.4 is 0 Å². The van der Waals surface area contributed by atoms with Crippen LogP contribution in [0.2, 0.25) is 0 Å². The van der Waals surface area contributed by atoms with E-state index in [4.69, 9.17) is 10.2 Å². The number of halogens is 2. The van der Waals surface area contributed by atoms with E-state index in [0.29, 0.717) is 0 Å². The molecule has 0 atom stereocenters. The summed E-state index contributed by atoms with van der Waals surface area (Å²) >= 11 is 0. The SMILES string of the molecule is O=Cc1cccc(F)c1F.OCCO. The van der Waals surface area contributed by atoms with Crippen LogP contribution in [0.25, 0.3) is 0 Å². The van der Waals surface area contributed by atoms with Crippen LogP contribution in [-0.4, -0.2) is 29.7 Å². The zero-order chi connectivity index (χ0) is 11.0. The highest BCUT2D eigenvalue weighted by Gasteiger charge is 2.04. The molecule has 0 unspecified atom stereocenters. The van der Waals surface area contributed by atoms with Gasteiger partial charge in [-0.15, -0.1) is 0 Å². The van der Waals surface area contributed by atoms with Gasteiger partial charge in [-0.2, -0.15) is 0 Å². The lowest BCUT2D eigenvalue weighted by Crippen LogP contribution is -1.90. The molecule has 5 heteroatoms. The molecule has 0 saturated heterocycles. The molecular formula is C9H10F2O3. The van der Waals surface area contributed by atoms with Gasteiger partial charge in [-0.05, 0) is 12.1 Å². The third kappa shape index (κ3) is 4.06. The topological polar surface area (TPSA) is 57.5 Å². The van der Waals surface area contributed by atoms with Crippen LogP contribution in [-0.2, 0) is 0 Å². The van der Waals surface area contributed by atoms with Gasteiger partial charge in [0, 0.05) is 0 Å². The Balaban J connectivity index is 0.000000364. The number of carbonyl (C=O) groups excluding carboxylic acids is 1. The molecule has 0 aliphatic heterocycles. The number of benzene rings is 1. The summed E-state index contributed by atoms with van der Waals surface area (Å²) in [7, 11) is 0. The molecule has 0 fully saturated rings. The van der Waals surface area contributed by atoms with Crippen molar-refractivity contribution < 1.29 is 23.8 Å². The van der Waals surface area contributed by atoms with Gasteiger partial charge < -0.3 is 10.2 Å². The molecule has 78 valence electrons. The van der Waals surface area contributed by atoms with Crippen LogP contribution in [0.4, 0.5) is 8.78 Å². The van der Waals surface area contributed by atoms with Crippen LogP contribution in [0.1, 0.15) is 10.4 Å². The van der Waals surface area contributed by atoms with Crippen LogP contribution in [0.3, 0.4) is 0 Å². The second kappa shape index (κ2) is 7.11. The average Bonchev–Trinajstić information content (AvgIpc) is 2.22. The van der Waals surface area contributed by atoms with E-state index in [9.17, 15) is 13.6 Å². The first-order valence-corrected chi connectivity index (χ1v) is 3.78. The van der Waals surface area contributed by atoms with E-state index in [-0.39, 0.29) is 25.1 Å². The standard InChI is InChI=1S/C7H4F2O.C2H6O2/c8-6-3-1-2-5(4-10)7(6)9;3-1-2-4/h1-4H;3-4H,1-2H2. The summed E-state index contributed by atoms with van der Waals surface area (Å²) < 4.78 is 24.6. The molecule has 2 N–H and O–H groups in total. The van der Waals surface area contributed by atoms with Crippen molar-refractivity contribution in [1.29, 1.82) is 0 Å². The van der Waals surface area contributed by atoms with Crippen molar-refractivity contribution in [2.75, 3.05) is 13.2 Å². The summed E-state index contributed by atoms with van der Waals surface area (Å²) in [6.07, 6.45) is 0.276. The van der Waals surface area contributed by atoms with Gasteiger partial charge in [0.2, 0.25) is 0 Å². The Bertz CT molecular complexity index is 287. The van der Waals surface area contributed by atoms with Crippen molar-refractivity contribution in [2.45, 2.75) is 0 Å². The van der Waals surface area contributed by atoms with E-state index in [0.717, 1.165) is 6.07 Å². The van der Waals surface area contributed by atoms with Crippen molar-refractivity contribution in [2.24, 2.45) is 0 Å². The lowest BCUT2D eigenvalue weighted by Gasteiger charge is -1.92. The monoisotopic (exact) mass is 204 g/mol. The van der Waals surface area contributed by atoms with E-state index >= 15 is 0 Å². The number of carbonyl (C=O) groups is 1. The molecule has 1 rings (SSSR count). The van der Waals surface area contributed by atoms with Gasteiger partial charge >= 0.3 is 0 Å².